The summed E-state index contributed by atoms with van der Waals surface area (Å²) in [5.74, 6) is -2.00. The molecular formula is C8H13N5O5S. The number of hydrogen-bond donors (Lipinski definition) is 3. The number of amides is 1. The van der Waals surface area contributed by atoms with Crippen molar-refractivity contribution in [2.24, 2.45) is 0 Å². The Labute approximate surface area is 108 Å². The zero-order chi connectivity index (χ0) is 14.5. The Balaban J connectivity index is 2.50. The van der Waals surface area contributed by atoms with E-state index in [0.29, 0.717) is 0 Å². The number of hydrogen-bond acceptors (Lipinski definition) is 6. The summed E-state index contributed by atoms with van der Waals surface area (Å²) in [6, 6.07) is 0. The second-order valence-corrected chi connectivity index (χ2v) is 5.52. The van der Waals surface area contributed by atoms with Gasteiger partial charge in [-0.25, -0.2) is 17.8 Å². The van der Waals surface area contributed by atoms with Crippen LogP contribution in [0.4, 0.5) is 0 Å². The summed E-state index contributed by atoms with van der Waals surface area (Å²) in [6.45, 7) is -0.498. The van der Waals surface area contributed by atoms with Crippen LogP contribution in [0, 0.1) is 0 Å². The maximum absolute atomic E-state index is 11.5. The van der Waals surface area contributed by atoms with E-state index in [4.69, 9.17) is 5.11 Å². The van der Waals surface area contributed by atoms with Crippen LogP contribution in [0.1, 0.15) is 10.5 Å². The molecule has 0 aliphatic carbocycles. The number of carboxylic acid groups (broad SMARTS) is 1. The zero-order valence-electron chi connectivity index (χ0n) is 10.0. The van der Waals surface area contributed by atoms with Crippen LogP contribution in [0.15, 0.2) is 6.20 Å². The number of rotatable bonds is 7. The van der Waals surface area contributed by atoms with Crippen molar-refractivity contribution in [1.82, 2.24) is 25.0 Å². The van der Waals surface area contributed by atoms with Crippen molar-refractivity contribution in [2.45, 2.75) is 6.54 Å². The molecule has 0 fully saturated rings. The van der Waals surface area contributed by atoms with Gasteiger partial charge in [0.15, 0.2) is 5.69 Å². The molecule has 0 aromatic carbocycles. The predicted molar refractivity (Wildman–Crippen MR) is 62.8 cm³/mol. The van der Waals surface area contributed by atoms with Crippen molar-refractivity contribution in [3.05, 3.63) is 11.9 Å². The third kappa shape index (κ3) is 5.01. The van der Waals surface area contributed by atoms with Crippen LogP contribution in [0.25, 0.3) is 0 Å². The highest BCUT2D eigenvalue weighted by Gasteiger charge is 2.13. The number of nitrogens with one attached hydrogen (secondary N) is 2. The number of carbonyl (C=O) groups excluding carboxylic acids is 1. The Hall–Kier alpha value is -2.01. The van der Waals surface area contributed by atoms with E-state index in [-0.39, 0.29) is 18.0 Å². The molecule has 0 bridgehead atoms. The summed E-state index contributed by atoms with van der Waals surface area (Å²) < 4.78 is 25.3. The molecule has 0 unspecified atom stereocenters. The Kier molecular flexibility index (Phi) is 4.94. The van der Waals surface area contributed by atoms with E-state index in [0.717, 1.165) is 10.9 Å². The van der Waals surface area contributed by atoms with Crippen LogP contribution in [-0.4, -0.2) is 59.7 Å². The second kappa shape index (κ2) is 6.24. The van der Waals surface area contributed by atoms with Gasteiger partial charge in [0.05, 0.1) is 11.9 Å². The van der Waals surface area contributed by atoms with Crippen LogP contribution in [0.5, 0.6) is 0 Å². The minimum atomic E-state index is -3.39. The molecule has 19 heavy (non-hydrogen) atoms. The molecule has 0 saturated carbocycles. The molecule has 1 aromatic heterocycles. The topological polar surface area (TPSA) is 143 Å². The summed E-state index contributed by atoms with van der Waals surface area (Å²) in [5.41, 5.74) is -0.0805. The van der Waals surface area contributed by atoms with E-state index in [1.807, 2.05) is 0 Å². The van der Waals surface area contributed by atoms with Gasteiger partial charge in [0.1, 0.15) is 6.54 Å². The van der Waals surface area contributed by atoms with Gasteiger partial charge in [-0.15, -0.1) is 5.10 Å². The first-order valence-corrected chi connectivity index (χ1v) is 6.80. The van der Waals surface area contributed by atoms with Crippen molar-refractivity contribution >= 4 is 21.9 Å². The molecule has 3 N–H and O–H groups in total. The molecule has 0 saturated heterocycles. The molecule has 11 heteroatoms. The lowest BCUT2D eigenvalue weighted by Crippen LogP contribution is -2.33. The standard InChI is InChI=1S/C8H13N5O5S/c1-9-19(17,18)3-2-10-8(16)6-4-13(12-11-6)5-7(14)15/h4,9H,2-3,5H2,1H3,(H,10,16)(H,14,15). The van der Waals surface area contributed by atoms with E-state index in [2.05, 4.69) is 20.4 Å². The van der Waals surface area contributed by atoms with Crippen molar-refractivity contribution < 1.29 is 23.1 Å². The van der Waals surface area contributed by atoms with E-state index >= 15 is 0 Å². The Morgan fingerprint density at radius 2 is 2.16 bits per heavy atom. The molecule has 10 nitrogen and oxygen atoms in total. The number of aromatic nitrogens is 3. The fourth-order valence-corrected chi connectivity index (χ4v) is 1.68. The zero-order valence-corrected chi connectivity index (χ0v) is 10.8. The Bertz CT molecular complexity index is 566. The van der Waals surface area contributed by atoms with Gasteiger partial charge >= 0.3 is 5.97 Å². The van der Waals surface area contributed by atoms with Crippen molar-refractivity contribution in [3.63, 3.8) is 0 Å². The molecule has 0 aliphatic rings. The SMILES string of the molecule is CNS(=O)(=O)CCNC(=O)c1cn(CC(=O)O)nn1. The third-order valence-corrected chi connectivity index (χ3v) is 3.40. The normalized spacial score (nSPS) is 11.2. The quantitative estimate of drug-likeness (QED) is 0.510. The number of carboxylic acids is 1. The first-order valence-electron chi connectivity index (χ1n) is 5.15. The lowest BCUT2D eigenvalue weighted by molar-refractivity contribution is -0.137. The monoisotopic (exact) mass is 291 g/mol. The molecule has 1 heterocycles. The molecule has 106 valence electrons. The Morgan fingerprint density at radius 1 is 1.47 bits per heavy atom. The van der Waals surface area contributed by atoms with Gasteiger partial charge in [0, 0.05) is 6.54 Å². The first kappa shape index (κ1) is 15.0. The largest absolute Gasteiger partial charge is 0.480 e. The van der Waals surface area contributed by atoms with E-state index in [9.17, 15) is 18.0 Å². The molecule has 0 spiro atoms. The molecular weight excluding hydrogens is 278 g/mol. The van der Waals surface area contributed by atoms with Gasteiger partial charge in [0.25, 0.3) is 5.91 Å². The lowest BCUT2D eigenvalue weighted by Gasteiger charge is -2.03. The fourth-order valence-electron chi connectivity index (χ4n) is 1.11. The van der Waals surface area contributed by atoms with Crippen LogP contribution < -0.4 is 10.0 Å². The maximum atomic E-state index is 11.5. The predicted octanol–water partition coefficient (Wildman–Crippen LogP) is -2.36. The van der Waals surface area contributed by atoms with Gasteiger partial charge in [-0.3, -0.25) is 9.59 Å². The number of nitrogens with zero attached hydrogens (tertiary/aromatic N) is 3. The van der Waals surface area contributed by atoms with Crippen LogP contribution >= 0.6 is 0 Å². The number of carbonyl (C=O) groups is 2. The first-order chi connectivity index (χ1) is 8.84. The van der Waals surface area contributed by atoms with Crippen LogP contribution in [0.3, 0.4) is 0 Å². The van der Waals surface area contributed by atoms with Gasteiger partial charge in [0.2, 0.25) is 10.0 Å². The number of aliphatic carboxylic acids is 1. The lowest BCUT2D eigenvalue weighted by atomic mass is 10.4. The van der Waals surface area contributed by atoms with E-state index in [1.54, 1.807) is 0 Å². The molecule has 0 radical (unpaired) electrons. The van der Waals surface area contributed by atoms with Gasteiger partial charge < -0.3 is 10.4 Å². The van der Waals surface area contributed by atoms with Crippen LogP contribution in [0.2, 0.25) is 0 Å². The minimum absolute atomic E-state index is 0.0805. The molecule has 0 aliphatic heterocycles. The average Bonchev–Trinajstić information content (AvgIpc) is 2.76. The highest BCUT2D eigenvalue weighted by molar-refractivity contribution is 7.89. The minimum Gasteiger partial charge on any atom is -0.480 e. The third-order valence-electron chi connectivity index (χ3n) is 2.04. The summed E-state index contributed by atoms with van der Waals surface area (Å²) in [7, 11) is -2.12. The molecule has 1 rings (SSSR count). The van der Waals surface area contributed by atoms with Crippen molar-refractivity contribution in [1.29, 1.82) is 0 Å². The van der Waals surface area contributed by atoms with Crippen LogP contribution in [-0.2, 0) is 21.4 Å². The average molecular weight is 291 g/mol. The maximum Gasteiger partial charge on any atom is 0.325 e. The number of sulfonamides is 1. The summed E-state index contributed by atoms with van der Waals surface area (Å²) in [4.78, 5) is 21.9. The highest BCUT2D eigenvalue weighted by Crippen LogP contribution is 1.93. The highest BCUT2D eigenvalue weighted by atomic mass is 32.2. The van der Waals surface area contributed by atoms with E-state index < -0.39 is 28.4 Å². The summed E-state index contributed by atoms with van der Waals surface area (Å²) in [5, 5.41) is 17.8. The van der Waals surface area contributed by atoms with Crippen molar-refractivity contribution in [3.8, 4) is 0 Å². The second-order valence-electron chi connectivity index (χ2n) is 3.47. The summed E-state index contributed by atoms with van der Waals surface area (Å²) >= 11 is 0. The molecule has 1 amide bonds. The fraction of sp³-hybridized carbons (Fsp3) is 0.500. The Morgan fingerprint density at radius 3 is 2.74 bits per heavy atom. The summed E-state index contributed by atoms with van der Waals surface area (Å²) in [6.07, 6.45) is 1.16. The molecule has 1 aromatic rings. The van der Waals surface area contributed by atoms with Gasteiger partial charge in [-0.2, -0.15) is 0 Å². The molecule has 0 atom stereocenters. The van der Waals surface area contributed by atoms with Gasteiger partial charge in [-0.1, -0.05) is 5.21 Å². The van der Waals surface area contributed by atoms with Gasteiger partial charge in [-0.05, 0) is 7.05 Å². The van der Waals surface area contributed by atoms with E-state index in [1.165, 1.54) is 7.05 Å². The smallest absolute Gasteiger partial charge is 0.325 e. The van der Waals surface area contributed by atoms with Crippen molar-refractivity contribution in [2.75, 3.05) is 19.3 Å².